The van der Waals surface area contributed by atoms with Crippen molar-refractivity contribution in [1.82, 2.24) is 14.8 Å². The molecule has 0 amide bonds. The predicted molar refractivity (Wildman–Crippen MR) is 65.8 cm³/mol. The van der Waals surface area contributed by atoms with E-state index in [1.807, 2.05) is 39.3 Å². The van der Waals surface area contributed by atoms with Crippen molar-refractivity contribution in [2.24, 2.45) is 0 Å². The van der Waals surface area contributed by atoms with Crippen LogP contribution in [0.5, 0.6) is 0 Å². The van der Waals surface area contributed by atoms with Gasteiger partial charge in [0.15, 0.2) is 0 Å². The summed E-state index contributed by atoms with van der Waals surface area (Å²) < 4.78 is 7.35. The number of hydrogen-bond donors (Lipinski definition) is 1. The predicted octanol–water partition coefficient (Wildman–Crippen LogP) is 1.58. The zero-order valence-electron chi connectivity index (χ0n) is 11.3. The Balaban J connectivity index is 2.50. The van der Waals surface area contributed by atoms with Gasteiger partial charge < -0.3 is 9.84 Å². The fourth-order valence-corrected chi connectivity index (χ4v) is 1.47. The Hall–Kier alpha value is -0.940. The molecule has 0 aliphatic carbocycles. The second-order valence-corrected chi connectivity index (χ2v) is 5.50. The molecule has 0 saturated heterocycles. The summed E-state index contributed by atoms with van der Waals surface area (Å²) in [5.41, 5.74) is -0.229. The van der Waals surface area contributed by atoms with Crippen molar-refractivity contribution in [2.45, 2.75) is 58.8 Å². The Kier molecular flexibility index (Phi) is 4.65. The van der Waals surface area contributed by atoms with E-state index in [-0.39, 0.29) is 11.6 Å². The van der Waals surface area contributed by atoms with Gasteiger partial charge in [0.1, 0.15) is 12.2 Å². The van der Waals surface area contributed by atoms with Crippen LogP contribution >= 0.6 is 0 Å². The van der Waals surface area contributed by atoms with Gasteiger partial charge in [-0.15, -0.1) is 0 Å². The highest BCUT2D eigenvalue weighted by Crippen LogP contribution is 2.11. The third-order valence-corrected chi connectivity index (χ3v) is 2.26. The van der Waals surface area contributed by atoms with Crippen molar-refractivity contribution in [1.29, 1.82) is 0 Å². The molecule has 1 aromatic heterocycles. The largest absolute Gasteiger partial charge is 0.390 e. The van der Waals surface area contributed by atoms with Crippen LogP contribution in [0.3, 0.4) is 0 Å². The highest BCUT2D eigenvalue weighted by molar-refractivity contribution is 4.89. The van der Waals surface area contributed by atoms with Gasteiger partial charge in [-0.25, -0.2) is 9.67 Å². The molecule has 1 aromatic rings. The van der Waals surface area contributed by atoms with Crippen LogP contribution in [0.4, 0.5) is 0 Å². The average Bonchev–Trinajstić information content (AvgIpc) is 2.62. The normalized spacial score (nSPS) is 14.3. The lowest BCUT2D eigenvalue weighted by Crippen LogP contribution is -2.28. The molecule has 1 N–H and O–H groups in total. The lowest BCUT2D eigenvalue weighted by Gasteiger charge is -2.22. The first-order valence-corrected chi connectivity index (χ1v) is 6.00. The summed E-state index contributed by atoms with van der Waals surface area (Å²) in [6.45, 7) is 10.3. The standard InChI is InChI=1S/C12H23N3O2/c1-9(2)15-11(13-8-14-15)6-10(16)7-17-12(3,4)5/h8-10,16H,6-7H2,1-5H3. The van der Waals surface area contributed by atoms with E-state index in [0.717, 1.165) is 5.82 Å². The number of aliphatic hydroxyl groups excluding tert-OH is 1. The Morgan fingerprint density at radius 3 is 2.59 bits per heavy atom. The zero-order valence-corrected chi connectivity index (χ0v) is 11.3. The molecule has 17 heavy (non-hydrogen) atoms. The number of aliphatic hydroxyl groups is 1. The van der Waals surface area contributed by atoms with Gasteiger partial charge in [-0.05, 0) is 34.6 Å². The van der Waals surface area contributed by atoms with Crippen LogP contribution in [-0.2, 0) is 11.2 Å². The minimum Gasteiger partial charge on any atom is -0.390 e. The van der Waals surface area contributed by atoms with Crippen LogP contribution in [0.25, 0.3) is 0 Å². The maximum absolute atomic E-state index is 9.88. The van der Waals surface area contributed by atoms with Crippen molar-refractivity contribution in [2.75, 3.05) is 6.61 Å². The molecule has 0 aromatic carbocycles. The van der Waals surface area contributed by atoms with Gasteiger partial charge in [0.25, 0.3) is 0 Å². The molecule has 0 saturated carbocycles. The number of hydrogen-bond acceptors (Lipinski definition) is 4. The summed E-state index contributed by atoms with van der Waals surface area (Å²) in [5.74, 6) is 0.796. The van der Waals surface area contributed by atoms with Crippen molar-refractivity contribution in [3.8, 4) is 0 Å². The van der Waals surface area contributed by atoms with Gasteiger partial charge in [-0.3, -0.25) is 0 Å². The molecule has 1 heterocycles. The first-order chi connectivity index (χ1) is 7.79. The summed E-state index contributed by atoms with van der Waals surface area (Å²) >= 11 is 0. The maximum atomic E-state index is 9.88. The molecule has 0 bridgehead atoms. The fourth-order valence-electron chi connectivity index (χ4n) is 1.47. The number of nitrogens with zero attached hydrogens (tertiary/aromatic N) is 3. The van der Waals surface area contributed by atoms with E-state index in [2.05, 4.69) is 10.1 Å². The molecule has 1 unspecified atom stereocenters. The van der Waals surface area contributed by atoms with Gasteiger partial charge in [0.2, 0.25) is 0 Å². The highest BCUT2D eigenvalue weighted by Gasteiger charge is 2.16. The van der Waals surface area contributed by atoms with Crippen molar-refractivity contribution >= 4 is 0 Å². The zero-order chi connectivity index (χ0) is 13.1. The minimum absolute atomic E-state index is 0.229. The Morgan fingerprint density at radius 2 is 2.06 bits per heavy atom. The molecule has 0 fully saturated rings. The smallest absolute Gasteiger partial charge is 0.138 e. The van der Waals surface area contributed by atoms with Crippen LogP contribution < -0.4 is 0 Å². The second kappa shape index (κ2) is 5.60. The van der Waals surface area contributed by atoms with Gasteiger partial charge in [0.05, 0.1) is 18.3 Å². The van der Waals surface area contributed by atoms with Gasteiger partial charge in [0, 0.05) is 12.5 Å². The van der Waals surface area contributed by atoms with E-state index in [0.29, 0.717) is 13.0 Å². The van der Waals surface area contributed by atoms with E-state index < -0.39 is 6.10 Å². The highest BCUT2D eigenvalue weighted by atomic mass is 16.5. The van der Waals surface area contributed by atoms with E-state index in [1.165, 1.54) is 6.33 Å². The average molecular weight is 241 g/mol. The maximum Gasteiger partial charge on any atom is 0.138 e. The molecule has 1 rings (SSSR count). The molecule has 1 atom stereocenters. The lowest BCUT2D eigenvalue weighted by atomic mass is 10.2. The minimum atomic E-state index is -0.545. The second-order valence-electron chi connectivity index (χ2n) is 5.50. The van der Waals surface area contributed by atoms with Crippen molar-refractivity contribution < 1.29 is 9.84 Å². The monoisotopic (exact) mass is 241 g/mol. The Bertz CT molecular complexity index is 342. The van der Waals surface area contributed by atoms with E-state index in [4.69, 9.17) is 4.74 Å². The fraction of sp³-hybridized carbons (Fsp3) is 0.833. The third kappa shape index (κ3) is 4.83. The third-order valence-electron chi connectivity index (χ3n) is 2.26. The summed E-state index contributed by atoms with van der Waals surface area (Å²) in [6.07, 6.45) is 1.44. The summed E-state index contributed by atoms with van der Waals surface area (Å²) in [5, 5.41) is 14.0. The number of ether oxygens (including phenoxy) is 1. The molecule has 0 aliphatic rings. The van der Waals surface area contributed by atoms with E-state index in [9.17, 15) is 5.11 Å². The molecule has 98 valence electrons. The quantitative estimate of drug-likeness (QED) is 0.850. The first kappa shape index (κ1) is 14.1. The van der Waals surface area contributed by atoms with Crippen LogP contribution in [0.1, 0.15) is 46.5 Å². The molecule has 0 radical (unpaired) electrons. The SMILES string of the molecule is CC(C)n1ncnc1CC(O)COC(C)(C)C. The van der Waals surface area contributed by atoms with Gasteiger partial charge in [-0.2, -0.15) is 5.10 Å². The molecular formula is C12H23N3O2. The van der Waals surface area contributed by atoms with Crippen LogP contribution in [0.2, 0.25) is 0 Å². The Labute approximate surface area is 103 Å². The lowest BCUT2D eigenvalue weighted by molar-refractivity contribution is -0.0489. The summed E-state index contributed by atoms with van der Waals surface area (Å²) in [4.78, 5) is 4.16. The van der Waals surface area contributed by atoms with Crippen molar-refractivity contribution in [3.63, 3.8) is 0 Å². The van der Waals surface area contributed by atoms with Crippen LogP contribution in [0, 0.1) is 0 Å². The van der Waals surface area contributed by atoms with E-state index >= 15 is 0 Å². The molecule has 5 nitrogen and oxygen atoms in total. The van der Waals surface area contributed by atoms with Gasteiger partial charge in [-0.1, -0.05) is 0 Å². The topological polar surface area (TPSA) is 60.2 Å². The molecule has 5 heteroatoms. The molecule has 0 aliphatic heterocycles. The van der Waals surface area contributed by atoms with Crippen LogP contribution in [0.15, 0.2) is 6.33 Å². The van der Waals surface area contributed by atoms with Crippen molar-refractivity contribution in [3.05, 3.63) is 12.2 Å². The number of rotatable bonds is 5. The number of aromatic nitrogens is 3. The first-order valence-electron chi connectivity index (χ1n) is 6.00. The molecular weight excluding hydrogens is 218 g/mol. The van der Waals surface area contributed by atoms with Gasteiger partial charge >= 0.3 is 0 Å². The summed E-state index contributed by atoms with van der Waals surface area (Å²) in [7, 11) is 0. The molecule has 0 spiro atoms. The van der Waals surface area contributed by atoms with Crippen LogP contribution in [-0.4, -0.2) is 38.2 Å². The summed E-state index contributed by atoms with van der Waals surface area (Å²) in [6, 6.07) is 0.253. The Morgan fingerprint density at radius 1 is 1.41 bits per heavy atom. The van der Waals surface area contributed by atoms with E-state index in [1.54, 1.807) is 0 Å².